The molecule has 0 saturated carbocycles. The van der Waals surface area contributed by atoms with Gasteiger partial charge in [-0.1, -0.05) is 128 Å². The number of rotatable bonds is 9. The van der Waals surface area contributed by atoms with Crippen molar-refractivity contribution in [1.82, 2.24) is 4.98 Å². The Balaban J connectivity index is 1.10. The van der Waals surface area contributed by atoms with Gasteiger partial charge in [-0.15, -0.1) is 0 Å². The van der Waals surface area contributed by atoms with E-state index in [1.54, 1.807) is 42.5 Å². The summed E-state index contributed by atoms with van der Waals surface area (Å²) in [5.41, 5.74) is 6.33. The maximum atomic E-state index is 13.3. The Morgan fingerprint density at radius 2 is 1.37 bits per heavy atom. The molecule has 2 amide bonds. The summed E-state index contributed by atoms with van der Waals surface area (Å²) in [4.78, 5) is 32.8. The number of benzene rings is 5. The standard InChI is InChI=1S/C42H34N2O6S/c1-26-35(25-51-42-43-36(28-11-4-2-5-12-28)38(50-42)29-13-6-3-7-14-29)48-41(49-37(26)30-21-19-27(24-45)20-22-30)31-15-10-16-32(23-31)44-39(46)33-17-8-9-18-34(33)40(44)47/h2-23,26,35,37,41,45H,24-25H2,1H3. The summed E-state index contributed by atoms with van der Waals surface area (Å²) in [6, 6.07) is 41.7. The number of amides is 2. The molecule has 3 heterocycles. The first-order chi connectivity index (χ1) is 25.0. The number of aliphatic hydroxyl groups excluding tert-OH is 1. The molecule has 0 spiro atoms. The van der Waals surface area contributed by atoms with Gasteiger partial charge in [0.15, 0.2) is 12.1 Å². The summed E-state index contributed by atoms with van der Waals surface area (Å²) in [6.45, 7) is 2.05. The smallest absolute Gasteiger partial charge is 0.266 e. The van der Waals surface area contributed by atoms with Crippen molar-refractivity contribution in [3.05, 3.63) is 161 Å². The quantitative estimate of drug-likeness (QED) is 0.118. The van der Waals surface area contributed by atoms with E-state index in [9.17, 15) is 14.7 Å². The summed E-state index contributed by atoms with van der Waals surface area (Å²) in [6.07, 6.45) is -1.45. The lowest BCUT2D eigenvalue weighted by Gasteiger charge is -2.41. The fraction of sp³-hybridized carbons (Fsp3) is 0.167. The molecule has 0 radical (unpaired) electrons. The van der Waals surface area contributed by atoms with Crippen LogP contribution < -0.4 is 4.90 Å². The third-order valence-electron chi connectivity index (χ3n) is 9.38. The molecule has 1 aromatic heterocycles. The Morgan fingerprint density at radius 3 is 2.04 bits per heavy atom. The van der Waals surface area contributed by atoms with Crippen LogP contribution in [0.25, 0.3) is 22.6 Å². The first kappa shape index (κ1) is 32.9. The Kier molecular flexibility index (Phi) is 9.10. The minimum atomic E-state index is -0.797. The number of fused-ring (bicyclic) bond motifs is 1. The minimum Gasteiger partial charge on any atom is -0.431 e. The summed E-state index contributed by atoms with van der Waals surface area (Å²) < 4.78 is 19.8. The number of thioether (sulfide) groups is 1. The molecule has 5 aromatic carbocycles. The van der Waals surface area contributed by atoms with Gasteiger partial charge < -0.3 is 19.0 Å². The van der Waals surface area contributed by atoms with Crippen LogP contribution in [0, 0.1) is 5.92 Å². The number of aliphatic hydroxyl groups is 1. The Morgan fingerprint density at radius 1 is 0.725 bits per heavy atom. The highest BCUT2D eigenvalue weighted by molar-refractivity contribution is 7.99. The maximum absolute atomic E-state index is 13.3. The Bertz CT molecular complexity index is 2100. The zero-order chi connectivity index (χ0) is 34.9. The molecule has 9 heteroatoms. The van der Waals surface area contributed by atoms with Crippen LogP contribution in [0.1, 0.15) is 56.7 Å². The molecule has 0 aliphatic carbocycles. The number of carbonyl (C=O) groups excluding carboxylic acids is 2. The van der Waals surface area contributed by atoms with Gasteiger partial charge >= 0.3 is 0 Å². The fourth-order valence-corrected chi connectivity index (χ4v) is 7.62. The Hall–Kier alpha value is -5.32. The van der Waals surface area contributed by atoms with Crippen molar-refractivity contribution < 1.29 is 28.6 Å². The van der Waals surface area contributed by atoms with E-state index in [2.05, 4.69) is 6.92 Å². The topological polar surface area (TPSA) is 102 Å². The van der Waals surface area contributed by atoms with Crippen LogP contribution in [0.5, 0.6) is 0 Å². The van der Waals surface area contributed by atoms with Crippen LogP contribution in [-0.4, -0.2) is 33.8 Å². The normalized spacial score (nSPS) is 20.1. The molecule has 4 atom stereocenters. The molecule has 0 bridgehead atoms. The van der Waals surface area contributed by atoms with Crippen molar-refractivity contribution in [3.63, 3.8) is 0 Å². The number of nitrogens with zero attached hydrogens (tertiary/aromatic N) is 2. The highest BCUT2D eigenvalue weighted by Crippen LogP contribution is 2.44. The van der Waals surface area contributed by atoms with E-state index in [0.29, 0.717) is 39.1 Å². The van der Waals surface area contributed by atoms with Crippen LogP contribution in [0.2, 0.25) is 0 Å². The van der Waals surface area contributed by atoms with Crippen molar-refractivity contribution in [2.75, 3.05) is 10.7 Å². The summed E-state index contributed by atoms with van der Waals surface area (Å²) in [5.74, 6) is 0.422. The van der Waals surface area contributed by atoms with Gasteiger partial charge in [0, 0.05) is 28.4 Å². The second-order valence-electron chi connectivity index (χ2n) is 12.6. The highest BCUT2D eigenvalue weighted by Gasteiger charge is 2.40. The zero-order valence-electron chi connectivity index (χ0n) is 27.7. The number of ether oxygens (including phenoxy) is 2. The predicted molar refractivity (Wildman–Crippen MR) is 195 cm³/mol. The van der Waals surface area contributed by atoms with Crippen LogP contribution in [-0.2, 0) is 16.1 Å². The fourth-order valence-electron chi connectivity index (χ4n) is 6.64. The third kappa shape index (κ3) is 6.41. The lowest BCUT2D eigenvalue weighted by atomic mass is 9.91. The summed E-state index contributed by atoms with van der Waals surface area (Å²) in [5, 5.41) is 10.2. The monoisotopic (exact) mass is 694 g/mol. The SMILES string of the molecule is CC1C(CSc2nc(-c3ccccc3)c(-c3ccccc3)o2)OC(c2cccc(N3C(=O)c4ccccc4C3=O)c2)OC1c1ccc(CO)cc1. The number of hydrogen-bond donors (Lipinski definition) is 1. The molecule has 8 rings (SSSR count). The number of anilines is 1. The average molecular weight is 695 g/mol. The van der Waals surface area contributed by atoms with E-state index in [1.807, 2.05) is 91.0 Å². The minimum absolute atomic E-state index is 0.0525. The largest absolute Gasteiger partial charge is 0.431 e. The van der Waals surface area contributed by atoms with Gasteiger partial charge in [-0.3, -0.25) is 9.59 Å². The second kappa shape index (κ2) is 14.1. The summed E-state index contributed by atoms with van der Waals surface area (Å²) >= 11 is 1.48. The molecule has 1 saturated heterocycles. The first-order valence-electron chi connectivity index (χ1n) is 16.8. The van der Waals surface area contributed by atoms with Crippen LogP contribution in [0.4, 0.5) is 5.69 Å². The molecule has 8 nitrogen and oxygen atoms in total. The van der Waals surface area contributed by atoms with Gasteiger partial charge in [-0.25, -0.2) is 9.88 Å². The molecule has 254 valence electrons. The zero-order valence-corrected chi connectivity index (χ0v) is 28.5. The van der Waals surface area contributed by atoms with E-state index in [-0.39, 0.29) is 36.5 Å². The average Bonchev–Trinajstić information content (AvgIpc) is 3.73. The highest BCUT2D eigenvalue weighted by atomic mass is 32.2. The van der Waals surface area contributed by atoms with Gasteiger partial charge in [0.2, 0.25) is 0 Å². The molecule has 51 heavy (non-hydrogen) atoms. The van der Waals surface area contributed by atoms with Crippen molar-refractivity contribution in [2.45, 2.75) is 37.3 Å². The lowest BCUT2D eigenvalue weighted by molar-refractivity contribution is -0.268. The van der Waals surface area contributed by atoms with Crippen molar-refractivity contribution in [1.29, 1.82) is 0 Å². The van der Waals surface area contributed by atoms with Crippen molar-refractivity contribution in [2.24, 2.45) is 5.92 Å². The second-order valence-corrected chi connectivity index (χ2v) is 13.6. The molecular formula is C42H34N2O6S. The van der Waals surface area contributed by atoms with Crippen LogP contribution in [0.15, 0.2) is 143 Å². The summed E-state index contributed by atoms with van der Waals surface area (Å²) in [7, 11) is 0. The van der Waals surface area contributed by atoms with Crippen molar-refractivity contribution >= 4 is 29.3 Å². The van der Waals surface area contributed by atoms with Gasteiger partial charge in [-0.05, 0) is 35.4 Å². The Labute approximate surface area is 299 Å². The number of imide groups is 1. The van der Waals surface area contributed by atoms with Gasteiger partial charge in [-0.2, -0.15) is 0 Å². The molecular weight excluding hydrogens is 661 g/mol. The van der Waals surface area contributed by atoms with Gasteiger partial charge in [0.1, 0.15) is 5.69 Å². The molecule has 1 fully saturated rings. The van der Waals surface area contributed by atoms with Crippen LogP contribution >= 0.6 is 11.8 Å². The number of oxazole rings is 1. The van der Waals surface area contributed by atoms with Crippen LogP contribution in [0.3, 0.4) is 0 Å². The maximum Gasteiger partial charge on any atom is 0.266 e. The van der Waals surface area contributed by atoms with E-state index in [0.717, 1.165) is 27.9 Å². The molecule has 2 aliphatic heterocycles. The lowest BCUT2D eigenvalue weighted by Crippen LogP contribution is -2.38. The van der Waals surface area contributed by atoms with E-state index >= 15 is 0 Å². The molecule has 1 N–H and O–H groups in total. The van der Waals surface area contributed by atoms with Gasteiger partial charge in [0.05, 0.1) is 35.6 Å². The molecule has 2 aliphatic rings. The number of aromatic nitrogens is 1. The van der Waals surface area contributed by atoms with E-state index in [4.69, 9.17) is 18.9 Å². The first-order valence-corrected chi connectivity index (χ1v) is 17.8. The van der Waals surface area contributed by atoms with Gasteiger partial charge in [0.25, 0.3) is 17.0 Å². The van der Waals surface area contributed by atoms with E-state index in [1.165, 1.54) is 16.7 Å². The number of carbonyl (C=O) groups is 2. The number of hydrogen-bond acceptors (Lipinski definition) is 8. The van der Waals surface area contributed by atoms with E-state index < -0.39 is 6.29 Å². The predicted octanol–water partition coefficient (Wildman–Crippen LogP) is 8.89. The molecule has 4 unspecified atom stereocenters. The van der Waals surface area contributed by atoms with Crippen molar-refractivity contribution in [3.8, 4) is 22.6 Å². The molecule has 6 aromatic rings. The third-order valence-corrected chi connectivity index (χ3v) is 10.3.